The van der Waals surface area contributed by atoms with Crippen LogP contribution in [0.3, 0.4) is 0 Å². The van der Waals surface area contributed by atoms with Crippen molar-refractivity contribution in [1.29, 1.82) is 0 Å². The summed E-state index contributed by atoms with van der Waals surface area (Å²) in [4.78, 5) is 0. The lowest BCUT2D eigenvalue weighted by atomic mass is 9.97. The highest BCUT2D eigenvalue weighted by Gasteiger charge is 2.18. The Hall–Kier alpha value is -1.55. The highest BCUT2D eigenvalue weighted by Crippen LogP contribution is 2.27. The summed E-state index contributed by atoms with van der Waals surface area (Å²) in [6.07, 6.45) is -0.780. The number of aliphatic hydroxyl groups is 1. The van der Waals surface area contributed by atoms with Crippen molar-refractivity contribution in [2.45, 2.75) is 12.1 Å². The van der Waals surface area contributed by atoms with Crippen LogP contribution in [-0.2, 0) is 0 Å². The van der Waals surface area contributed by atoms with Gasteiger partial charge in [-0.2, -0.15) is 0 Å². The third-order valence-corrected chi connectivity index (χ3v) is 2.76. The second kappa shape index (κ2) is 6.40. The summed E-state index contributed by atoms with van der Waals surface area (Å²) in [6.45, 7) is 0. The number of halogens is 1. The van der Waals surface area contributed by atoms with Gasteiger partial charge in [-0.3, -0.25) is 0 Å². The zero-order chi connectivity index (χ0) is 12.3. The van der Waals surface area contributed by atoms with Gasteiger partial charge in [0.25, 0.3) is 0 Å². The van der Waals surface area contributed by atoms with Crippen LogP contribution in [0.15, 0.2) is 54.6 Å². The molecule has 2 rings (SSSR count). The first-order chi connectivity index (χ1) is 8.18. The van der Waals surface area contributed by atoms with Crippen molar-refractivity contribution in [2.75, 3.05) is 0 Å². The van der Waals surface area contributed by atoms with Crippen molar-refractivity contribution in [1.82, 2.24) is 0 Å². The normalized spacial score (nSPS) is 13.4. The van der Waals surface area contributed by atoms with Gasteiger partial charge in [-0.1, -0.05) is 42.5 Å². The highest BCUT2D eigenvalue weighted by atomic mass is 35.5. The van der Waals surface area contributed by atoms with E-state index in [9.17, 15) is 10.2 Å². The molecule has 2 aromatic carbocycles. The Kier molecular flexibility index (Phi) is 5.16. The summed E-state index contributed by atoms with van der Waals surface area (Å²) >= 11 is 0. The van der Waals surface area contributed by atoms with Gasteiger partial charge in [0.05, 0.1) is 12.1 Å². The number of hydrogen-bond donors (Lipinski definition) is 3. The molecule has 96 valence electrons. The summed E-state index contributed by atoms with van der Waals surface area (Å²) in [6, 6.07) is 15.4. The predicted octanol–water partition coefficient (Wildman–Crippen LogP) is 2.55. The molecule has 2 aromatic rings. The van der Waals surface area contributed by atoms with Gasteiger partial charge in [-0.05, 0) is 23.3 Å². The van der Waals surface area contributed by atoms with Gasteiger partial charge in [-0.15, -0.1) is 12.4 Å². The van der Waals surface area contributed by atoms with Gasteiger partial charge in [-0.25, -0.2) is 0 Å². The van der Waals surface area contributed by atoms with Crippen LogP contribution in [0.5, 0.6) is 5.75 Å². The minimum atomic E-state index is -0.780. The van der Waals surface area contributed by atoms with Crippen molar-refractivity contribution in [3.05, 3.63) is 65.7 Å². The molecule has 0 aromatic heterocycles. The second-order valence-corrected chi connectivity index (χ2v) is 3.97. The minimum Gasteiger partial charge on any atom is -0.508 e. The molecule has 18 heavy (non-hydrogen) atoms. The number of aromatic hydroxyl groups is 1. The smallest absolute Gasteiger partial charge is 0.115 e. The van der Waals surface area contributed by atoms with Crippen molar-refractivity contribution >= 4 is 12.4 Å². The van der Waals surface area contributed by atoms with Crippen LogP contribution in [0.2, 0.25) is 0 Å². The summed E-state index contributed by atoms with van der Waals surface area (Å²) in [5.74, 6) is 0.175. The first-order valence-electron chi connectivity index (χ1n) is 5.46. The molecule has 0 aliphatic carbocycles. The SMILES string of the molecule is Cl.NC(c1ccccc1)C(O)c1ccc(O)cc1. The Bertz CT molecular complexity index is 473. The van der Waals surface area contributed by atoms with Crippen LogP contribution in [-0.4, -0.2) is 10.2 Å². The number of aliphatic hydroxyl groups excluding tert-OH is 1. The molecule has 4 N–H and O–H groups in total. The average Bonchev–Trinajstić information content (AvgIpc) is 2.39. The summed E-state index contributed by atoms with van der Waals surface area (Å²) in [7, 11) is 0. The fourth-order valence-electron chi connectivity index (χ4n) is 1.74. The van der Waals surface area contributed by atoms with Crippen LogP contribution in [0.1, 0.15) is 23.3 Å². The van der Waals surface area contributed by atoms with Crippen LogP contribution in [0.25, 0.3) is 0 Å². The van der Waals surface area contributed by atoms with Crippen molar-refractivity contribution in [2.24, 2.45) is 5.73 Å². The summed E-state index contributed by atoms with van der Waals surface area (Å²) in [5.41, 5.74) is 7.57. The molecule has 0 saturated heterocycles. The molecule has 2 atom stereocenters. The molecule has 0 bridgehead atoms. The van der Waals surface area contributed by atoms with E-state index in [0.29, 0.717) is 5.56 Å². The molecule has 0 amide bonds. The Morgan fingerprint density at radius 2 is 1.39 bits per heavy atom. The van der Waals surface area contributed by atoms with E-state index < -0.39 is 12.1 Å². The standard InChI is InChI=1S/C14H15NO2.ClH/c15-13(10-4-2-1-3-5-10)14(17)11-6-8-12(16)9-7-11;/h1-9,13-14,16-17H,15H2;1H. The molecule has 0 spiro atoms. The van der Waals surface area contributed by atoms with Crippen LogP contribution >= 0.6 is 12.4 Å². The van der Waals surface area contributed by atoms with Gasteiger partial charge < -0.3 is 15.9 Å². The zero-order valence-corrected chi connectivity index (χ0v) is 10.5. The average molecular weight is 266 g/mol. The molecule has 0 aliphatic rings. The second-order valence-electron chi connectivity index (χ2n) is 3.97. The quantitative estimate of drug-likeness (QED) is 0.799. The first-order valence-corrected chi connectivity index (χ1v) is 5.46. The van der Waals surface area contributed by atoms with Crippen LogP contribution < -0.4 is 5.73 Å². The molecular weight excluding hydrogens is 250 g/mol. The lowest BCUT2D eigenvalue weighted by Crippen LogP contribution is -2.19. The Morgan fingerprint density at radius 1 is 0.833 bits per heavy atom. The van der Waals surface area contributed by atoms with E-state index in [-0.39, 0.29) is 18.2 Å². The topological polar surface area (TPSA) is 66.5 Å². The van der Waals surface area contributed by atoms with E-state index in [0.717, 1.165) is 5.56 Å². The van der Waals surface area contributed by atoms with Gasteiger partial charge >= 0.3 is 0 Å². The summed E-state index contributed by atoms with van der Waals surface area (Å²) in [5, 5.41) is 19.3. The van der Waals surface area contributed by atoms with Crippen molar-refractivity contribution in [3.8, 4) is 5.75 Å². The number of hydrogen-bond acceptors (Lipinski definition) is 3. The Labute approximate surface area is 112 Å². The highest BCUT2D eigenvalue weighted by molar-refractivity contribution is 5.85. The van der Waals surface area contributed by atoms with E-state index in [2.05, 4.69) is 0 Å². The summed E-state index contributed by atoms with van der Waals surface area (Å²) < 4.78 is 0. The molecular formula is C14H16ClNO2. The van der Waals surface area contributed by atoms with E-state index in [4.69, 9.17) is 5.73 Å². The largest absolute Gasteiger partial charge is 0.508 e. The van der Waals surface area contributed by atoms with Gasteiger partial charge in [0.1, 0.15) is 5.75 Å². The van der Waals surface area contributed by atoms with E-state index in [1.54, 1.807) is 12.1 Å². The molecule has 0 heterocycles. The first kappa shape index (κ1) is 14.5. The monoisotopic (exact) mass is 265 g/mol. The van der Waals surface area contributed by atoms with Gasteiger partial charge in [0, 0.05) is 0 Å². The van der Waals surface area contributed by atoms with E-state index >= 15 is 0 Å². The molecule has 3 nitrogen and oxygen atoms in total. The zero-order valence-electron chi connectivity index (χ0n) is 9.73. The predicted molar refractivity (Wildman–Crippen MR) is 73.7 cm³/mol. The number of rotatable bonds is 3. The number of nitrogens with two attached hydrogens (primary N) is 1. The fraction of sp³-hybridized carbons (Fsp3) is 0.143. The third-order valence-electron chi connectivity index (χ3n) is 2.76. The Balaban J connectivity index is 0.00000162. The maximum atomic E-state index is 10.1. The maximum Gasteiger partial charge on any atom is 0.115 e. The van der Waals surface area contributed by atoms with E-state index in [1.807, 2.05) is 30.3 Å². The minimum absolute atomic E-state index is 0. The molecule has 0 fully saturated rings. The molecule has 4 heteroatoms. The van der Waals surface area contributed by atoms with Gasteiger partial charge in [0.15, 0.2) is 0 Å². The van der Waals surface area contributed by atoms with Crippen molar-refractivity contribution < 1.29 is 10.2 Å². The number of benzene rings is 2. The lowest BCUT2D eigenvalue weighted by Gasteiger charge is -2.19. The lowest BCUT2D eigenvalue weighted by molar-refractivity contribution is 0.147. The maximum absolute atomic E-state index is 10.1. The molecule has 0 radical (unpaired) electrons. The van der Waals surface area contributed by atoms with Gasteiger partial charge in [0.2, 0.25) is 0 Å². The number of phenolic OH excluding ortho intramolecular Hbond substituents is 1. The van der Waals surface area contributed by atoms with Crippen molar-refractivity contribution in [3.63, 3.8) is 0 Å². The van der Waals surface area contributed by atoms with Crippen LogP contribution in [0.4, 0.5) is 0 Å². The third kappa shape index (κ3) is 3.23. The Morgan fingerprint density at radius 3 is 1.94 bits per heavy atom. The molecule has 0 aliphatic heterocycles. The molecule has 2 unspecified atom stereocenters. The van der Waals surface area contributed by atoms with Crippen LogP contribution in [0, 0.1) is 0 Å². The molecule has 0 saturated carbocycles. The fourth-order valence-corrected chi connectivity index (χ4v) is 1.74. The van der Waals surface area contributed by atoms with E-state index in [1.165, 1.54) is 12.1 Å². The number of phenols is 1.